The second kappa shape index (κ2) is 3.62. The van der Waals surface area contributed by atoms with Crippen LogP contribution in [0.3, 0.4) is 0 Å². The maximum absolute atomic E-state index is 13.7. The van der Waals surface area contributed by atoms with Crippen molar-refractivity contribution in [2.75, 3.05) is 0 Å². The minimum Gasteiger partial charge on any atom is -0.477 e. The molecule has 1 unspecified atom stereocenters. The molecule has 0 amide bonds. The highest BCUT2D eigenvalue weighted by Crippen LogP contribution is 2.29. The Labute approximate surface area is 77.9 Å². The summed E-state index contributed by atoms with van der Waals surface area (Å²) >= 11 is 0. The number of halogens is 1. The summed E-state index contributed by atoms with van der Waals surface area (Å²) in [6, 6.07) is 0. The molecule has 0 saturated carbocycles. The maximum Gasteiger partial charge on any atom is 0.369 e. The van der Waals surface area contributed by atoms with Gasteiger partial charge < -0.3 is 9.84 Å². The van der Waals surface area contributed by atoms with Gasteiger partial charge in [0.1, 0.15) is 0 Å². The van der Waals surface area contributed by atoms with Crippen molar-refractivity contribution >= 4 is 5.97 Å². The highest BCUT2D eigenvalue weighted by atomic mass is 19.2. The molecule has 0 spiro atoms. The monoisotopic (exact) mass is 192 g/mol. The van der Waals surface area contributed by atoms with Crippen molar-refractivity contribution in [2.45, 2.75) is 46.1 Å². The van der Waals surface area contributed by atoms with Crippen LogP contribution in [0.5, 0.6) is 0 Å². The van der Waals surface area contributed by atoms with Crippen LogP contribution >= 0.6 is 0 Å². The Morgan fingerprint density at radius 2 is 1.77 bits per heavy atom. The van der Waals surface area contributed by atoms with Crippen LogP contribution in [0.25, 0.3) is 0 Å². The van der Waals surface area contributed by atoms with Gasteiger partial charge in [-0.15, -0.1) is 0 Å². The summed E-state index contributed by atoms with van der Waals surface area (Å²) in [6.07, 6.45) is 0. The standard InChI is InChI=1S/C9H17FO3/c1-6(2)9(10,7(11)12)13-8(3,4)5/h6H,1-5H3,(H,11,12). The highest BCUT2D eigenvalue weighted by molar-refractivity contribution is 5.75. The summed E-state index contributed by atoms with van der Waals surface area (Å²) in [5.74, 6) is -4.89. The molecule has 0 aliphatic carbocycles. The smallest absolute Gasteiger partial charge is 0.369 e. The molecule has 1 atom stereocenters. The second-order valence-corrected chi connectivity index (χ2v) is 4.32. The average molecular weight is 192 g/mol. The van der Waals surface area contributed by atoms with Crippen LogP contribution in [0.15, 0.2) is 0 Å². The van der Waals surface area contributed by atoms with Crippen molar-refractivity contribution in [3.63, 3.8) is 0 Å². The first-order valence-electron chi connectivity index (χ1n) is 4.22. The summed E-state index contributed by atoms with van der Waals surface area (Å²) in [7, 11) is 0. The van der Waals surface area contributed by atoms with Crippen molar-refractivity contribution in [1.82, 2.24) is 0 Å². The fraction of sp³-hybridized carbons (Fsp3) is 0.889. The molecule has 0 aromatic rings. The molecule has 0 aromatic carbocycles. The van der Waals surface area contributed by atoms with Crippen LogP contribution in [0.2, 0.25) is 0 Å². The lowest BCUT2D eigenvalue weighted by Gasteiger charge is -2.32. The number of ether oxygens (including phenoxy) is 1. The topological polar surface area (TPSA) is 46.5 Å². The Kier molecular flexibility index (Phi) is 3.44. The lowest BCUT2D eigenvalue weighted by Crippen LogP contribution is -2.47. The SMILES string of the molecule is CC(C)C(F)(OC(C)(C)C)C(=O)O. The molecule has 4 heteroatoms. The van der Waals surface area contributed by atoms with Gasteiger partial charge in [-0.25, -0.2) is 4.79 Å². The maximum atomic E-state index is 13.7. The van der Waals surface area contributed by atoms with Crippen LogP contribution in [-0.2, 0) is 9.53 Å². The van der Waals surface area contributed by atoms with E-state index in [1.165, 1.54) is 13.8 Å². The molecule has 0 aromatic heterocycles. The van der Waals surface area contributed by atoms with E-state index >= 15 is 0 Å². The Bertz CT molecular complexity index is 196. The van der Waals surface area contributed by atoms with E-state index in [-0.39, 0.29) is 0 Å². The zero-order chi connectivity index (χ0) is 10.9. The molecular formula is C9H17FO3. The third kappa shape index (κ3) is 3.30. The van der Waals surface area contributed by atoms with E-state index < -0.39 is 23.3 Å². The van der Waals surface area contributed by atoms with Gasteiger partial charge in [-0.3, -0.25) is 0 Å². The molecular weight excluding hydrogens is 175 g/mol. The van der Waals surface area contributed by atoms with E-state index in [0.29, 0.717) is 0 Å². The quantitative estimate of drug-likeness (QED) is 0.745. The fourth-order valence-electron chi connectivity index (χ4n) is 0.854. The first-order chi connectivity index (χ1) is 5.59. The molecule has 78 valence electrons. The molecule has 3 nitrogen and oxygen atoms in total. The Balaban J connectivity index is 4.73. The zero-order valence-corrected chi connectivity index (χ0v) is 8.72. The third-order valence-corrected chi connectivity index (χ3v) is 1.49. The summed E-state index contributed by atoms with van der Waals surface area (Å²) in [6.45, 7) is 7.80. The molecule has 0 saturated heterocycles. The average Bonchev–Trinajstić information content (AvgIpc) is 1.82. The highest BCUT2D eigenvalue weighted by Gasteiger charge is 2.46. The number of aliphatic carboxylic acids is 1. The Morgan fingerprint density at radius 3 is 1.85 bits per heavy atom. The minimum atomic E-state index is -2.60. The van der Waals surface area contributed by atoms with Gasteiger partial charge in [0.15, 0.2) is 0 Å². The van der Waals surface area contributed by atoms with E-state index in [4.69, 9.17) is 9.84 Å². The first kappa shape index (κ1) is 12.4. The zero-order valence-electron chi connectivity index (χ0n) is 8.72. The van der Waals surface area contributed by atoms with Crippen molar-refractivity contribution in [2.24, 2.45) is 5.92 Å². The van der Waals surface area contributed by atoms with E-state index in [1.54, 1.807) is 20.8 Å². The number of rotatable bonds is 3. The minimum absolute atomic E-state index is 0.718. The van der Waals surface area contributed by atoms with E-state index in [2.05, 4.69) is 0 Å². The number of carbonyl (C=O) groups is 1. The van der Waals surface area contributed by atoms with Crippen LogP contribution in [0, 0.1) is 5.92 Å². The van der Waals surface area contributed by atoms with Crippen LogP contribution in [-0.4, -0.2) is 22.5 Å². The predicted octanol–water partition coefficient (Wildman–Crippen LogP) is 2.21. The first-order valence-corrected chi connectivity index (χ1v) is 4.22. The van der Waals surface area contributed by atoms with Crippen molar-refractivity contribution in [3.8, 4) is 0 Å². The lowest BCUT2D eigenvalue weighted by atomic mass is 10.0. The lowest BCUT2D eigenvalue weighted by molar-refractivity contribution is -0.239. The van der Waals surface area contributed by atoms with Crippen molar-refractivity contribution < 1.29 is 19.0 Å². The molecule has 0 radical (unpaired) electrons. The molecule has 0 fully saturated rings. The van der Waals surface area contributed by atoms with E-state index in [1.807, 2.05) is 0 Å². The molecule has 1 N–H and O–H groups in total. The van der Waals surface area contributed by atoms with Crippen LogP contribution in [0.1, 0.15) is 34.6 Å². The molecule has 0 aliphatic heterocycles. The third-order valence-electron chi connectivity index (χ3n) is 1.49. The van der Waals surface area contributed by atoms with Crippen molar-refractivity contribution in [1.29, 1.82) is 0 Å². The van der Waals surface area contributed by atoms with Gasteiger partial charge in [-0.1, -0.05) is 13.8 Å². The van der Waals surface area contributed by atoms with Gasteiger partial charge in [0, 0.05) is 5.92 Å². The number of hydrogen-bond donors (Lipinski definition) is 1. The number of hydrogen-bond acceptors (Lipinski definition) is 2. The number of carboxylic acids is 1. The second-order valence-electron chi connectivity index (χ2n) is 4.32. The van der Waals surface area contributed by atoms with Gasteiger partial charge in [-0.05, 0) is 20.8 Å². The normalized spacial score (nSPS) is 17.2. The molecule has 0 heterocycles. The van der Waals surface area contributed by atoms with Crippen LogP contribution < -0.4 is 0 Å². The number of alkyl halides is 1. The van der Waals surface area contributed by atoms with Gasteiger partial charge in [0.2, 0.25) is 0 Å². The van der Waals surface area contributed by atoms with Gasteiger partial charge in [0.25, 0.3) is 0 Å². The molecule has 0 bridgehead atoms. The van der Waals surface area contributed by atoms with Gasteiger partial charge in [-0.2, -0.15) is 4.39 Å². The predicted molar refractivity (Wildman–Crippen MR) is 47.2 cm³/mol. The summed E-state index contributed by atoms with van der Waals surface area (Å²) in [4.78, 5) is 10.6. The fourth-order valence-corrected chi connectivity index (χ4v) is 0.854. The number of carboxylic acid groups (broad SMARTS) is 1. The Morgan fingerprint density at radius 1 is 1.38 bits per heavy atom. The van der Waals surface area contributed by atoms with Crippen LogP contribution in [0.4, 0.5) is 4.39 Å². The Hall–Kier alpha value is -0.640. The van der Waals surface area contributed by atoms with E-state index in [9.17, 15) is 9.18 Å². The molecule has 0 aliphatic rings. The van der Waals surface area contributed by atoms with Crippen molar-refractivity contribution in [3.05, 3.63) is 0 Å². The summed E-state index contributed by atoms with van der Waals surface area (Å²) < 4.78 is 18.6. The van der Waals surface area contributed by atoms with Gasteiger partial charge >= 0.3 is 11.8 Å². The largest absolute Gasteiger partial charge is 0.477 e. The molecule has 13 heavy (non-hydrogen) atoms. The summed E-state index contributed by atoms with van der Waals surface area (Å²) in [5, 5.41) is 8.67. The van der Waals surface area contributed by atoms with E-state index in [0.717, 1.165) is 0 Å². The summed E-state index contributed by atoms with van der Waals surface area (Å²) in [5.41, 5.74) is -0.808. The van der Waals surface area contributed by atoms with Gasteiger partial charge in [0.05, 0.1) is 5.60 Å². The molecule has 0 rings (SSSR count).